The molecule has 210 valence electrons. The summed E-state index contributed by atoms with van der Waals surface area (Å²) in [4.78, 5) is 30.6. The monoisotopic (exact) mass is 536 g/mol. The zero-order valence-corrected chi connectivity index (χ0v) is 23.4. The molecule has 1 amide bonds. The number of rotatable bonds is 11. The van der Waals surface area contributed by atoms with Crippen LogP contribution in [0.25, 0.3) is 5.76 Å². The van der Waals surface area contributed by atoms with Crippen molar-refractivity contribution in [1.29, 1.82) is 0 Å². The third kappa shape index (κ3) is 6.81. The maximum atomic E-state index is 13.4. The van der Waals surface area contributed by atoms with E-state index in [-0.39, 0.29) is 11.3 Å². The van der Waals surface area contributed by atoms with Crippen molar-refractivity contribution in [3.05, 3.63) is 64.7 Å². The maximum Gasteiger partial charge on any atom is 0.295 e. The molecular weight excluding hydrogens is 496 g/mol. The van der Waals surface area contributed by atoms with Gasteiger partial charge in [0, 0.05) is 31.7 Å². The van der Waals surface area contributed by atoms with Crippen molar-refractivity contribution < 1.29 is 28.9 Å². The Hall–Kier alpha value is -3.36. The van der Waals surface area contributed by atoms with E-state index in [0.717, 1.165) is 31.6 Å². The number of amides is 1. The number of methoxy groups -OCH3 is 1. The van der Waals surface area contributed by atoms with Gasteiger partial charge in [0.1, 0.15) is 5.76 Å². The Balaban J connectivity index is 1.68. The number of aryl methyl sites for hydroxylation is 1. The molecule has 4 rings (SSSR count). The minimum atomic E-state index is -0.741. The van der Waals surface area contributed by atoms with Gasteiger partial charge in [-0.2, -0.15) is 0 Å². The van der Waals surface area contributed by atoms with Gasteiger partial charge in [0.15, 0.2) is 11.5 Å². The lowest BCUT2D eigenvalue weighted by Gasteiger charge is -2.29. The SMILES string of the molecule is COc1cc(C2C(=C(O)c3ccc(C)cc3)C(=O)C(=O)N2CCCN2CCOCC2)ccc1OCCC(C)C. The fourth-order valence-corrected chi connectivity index (χ4v) is 4.99. The molecule has 2 saturated heterocycles. The molecule has 2 aliphatic rings. The zero-order chi connectivity index (χ0) is 27.9. The number of carbonyl (C=O) groups excluding carboxylic acids is 2. The molecule has 8 heteroatoms. The predicted octanol–water partition coefficient (Wildman–Crippen LogP) is 4.57. The van der Waals surface area contributed by atoms with Crippen LogP contribution >= 0.6 is 0 Å². The lowest BCUT2D eigenvalue weighted by molar-refractivity contribution is -0.140. The van der Waals surface area contributed by atoms with E-state index in [4.69, 9.17) is 14.2 Å². The van der Waals surface area contributed by atoms with E-state index in [1.165, 1.54) is 0 Å². The van der Waals surface area contributed by atoms with Gasteiger partial charge < -0.3 is 24.2 Å². The number of nitrogens with zero attached hydrogens (tertiary/aromatic N) is 2. The van der Waals surface area contributed by atoms with Crippen LogP contribution in [0.5, 0.6) is 11.5 Å². The van der Waals surface area contributed by atoms with Gasteiger partial charge in [0.2, 0.25) is 0 Å². The molecule has 2 fully saturated rings. The number of likely N-dealkylation sites (tertiary alicyclic amines) is 1. The van der Waals surface area contributed by atoms with Crippen molar-refractivity contribution in [2.75, 3.05) is 53.1 Å². The van der Waals surface area contributed by atoms with Crippen LogP contribution in [0, 0.1) is 12.8 Å². The van der Waals surface area contributed by atoms with Crippen LogP contribution in [0.1, 0.15) is 49.4 Å². The van der Waals surface area contributed by atoms with Gasteiger partial charge in [-0.3, -0.25) is 14.5 Å². The second kappa shape index (κ2) is 13.1. The number of carbonyl (C=O) groups is 2. The number of Topliss-reactive ketones (excluding diaryl/α,β-unsaturated/α-hetero) is 1. The molecular formula is C31H40N2O6. The van der Waals surface area contributed by atoms with Gasteiger partial charge in [-0.25, -0.2) is 0 Å². The molecule has 0 radical (unpaired) electrons. The predicted molar refractivity (Wildman–Crippen MR) is 150 cm³/mol. The van der Waals surface area contributed by atoms with Crippen LogP contribution in [0.2, 0.25) is 0 Å². The Labute approximate surface area is 231 Å². The second-order valence-electron chi connectivity index (χ2n) is 10.6. The van der Waals surface area contributed by atoms with Crippen molar-refractivity contribution in [2.45, 2.75) is 39.7 Å². The molecule has 2 heterocycles. The highest BCUT2D eigenvalue weighted by Gasteiger charge is 2.46. The molecule has 0 spiro atoms. The lowest BCUT2D eigenvalue weighted by atomic mass is 9.94. The van der Waals surface area contributed by atoms with E-state index in [1.54, 1.807) is 30.2 Å². The molecule has 2 aromatic carbocycles. The third-order valence-electron chi connectivity index (χ3n) is 7.30. The van der Waals surface area contributed by atoms with E-state index in [1.807, 2.05) is 31.2 Å². The Kier molecular flexibility index (Phi) is 9.64. The number of hydrogen-bond acceptors (Lipinski definition) is 7. The molecule has 2 aromatic rings. The number of aliphatic hydroxyl groups is 1. The van der Waals surface area contributed by atoms with E-state index < -0.39 is 17.7 Å². The molecule has 39 heavy (non-hydrogen) atoms. The fraction of sp³-hybridized carbons (Fsp3) is 0.484. The van der Waals surface area contributed by atoms with Crippen molar-refractivity contribution in [3.63, 3.8) is 0 Å². The molecule has 0 saturated carbocycles. The minimum Gasteiger partial charge on any atom is -0.507 e. The first-order chi connectivity index (χ1) is 18.8. The lowest BCUT2D eigenvalue weighted by Crippen LogP contribution is -2.39. The summed E-state index contributed by atoms with van der Waals surface area (Å²) in [5.74, 6) is 0.169. The van der Waals surface area contributed by atoms with Crippen LogP contribution in [0.3, 0.4) is 0 Å². The highest BCUT2D eigenvalue weighted by atomic mass is 16.5. The highest BCUT2D eigenvalue weighted by Crippen LogP contribution is 2.42. The van der Waals surface area contributed by atoms with Crippen LogP contribution < -0.4 is 9.47 Å². The first-order valence-electron chi connectivity index (χ1n) is 13.8. The fourth-order valence-electron chi connectivity index (χ4n) is 4.99. The van der Waals surface area contributed by atoms with E-state index in [0.29, 0.717) is 61.3 Å². The van der Waals surface area contributed by atoms with Crippen molar-refractivity contribution >= 4 is 17.4 Å². The average Bonchev–Trinajstić information content (AvgIpc) is 3.18. The summed E-state index contributed by atoms with van der Waals surface area (Å²) in [6.07, 6.45) is 1.60. The number of ketones is 1. The van der Waals surface area contributed by atoms with E-state index in [9.17, 15) is 14.7 Å². The summed E-state index contributed by atoms with van der Waals surface area (Å²) in [5, 5.41) is 11.3. The molecule has 1 unspecified atom stereocenters. The van der Waals surface area contributed by atoms with Gasteiger partial charge in [-0.05, 0) is 43.4 Å². The summed E-state index contributed by atoms with van der Waals surface area (Å²) < 4.78 is 17.0. The summed E-state index contributed by atoms with van der Waals surface area (Å²) in [6.45, 7) is 11.1. The quantitative estimate of drug-likeness (QED) is 0.256. The minimum absolute atomic E-state index is 0.0887. The van der Waals surface area contributed by atoms with Crippen molar-refractivity contribution in [3.8, 4) is 11.5 Å². The van der Waals surface area contributed by atoms with Gasteiger partial charge in [-0.1, -0.05) is 49.7 Å². The molecule has 1 N–H and O–H groups in total. The second-order valence-corrected chi connectivity index (χ2v) is 10.6. The first kappa shape index (κ1) is 28.6. The number of morpholine rings is 1. The molecule has 0 aliphatic carbocycles. The van der Waals surface area contributed by atoms with Crippen LogP contribution in [-0.2, 0) is 14.3 Å². The number of benzene rings is 2. The molecule has 8 nitrogen and oxygen atoms in total. The molecule has 0 aromatic heterocycles. The third-order valence-corrected chi connectivity index (χ3v) is 7.30. The number of aliphatic hydroxyl groups excluding tert-OH is 1. The van der Waals surface area contributed by atoms with Crippen LogP contribution in [-0.4, -0.2) is 79.7 Å². The summed E-state index contributed by atoms with van der Waals surface area (Å²) in [7, 11) is 1.57. The van der Waals surface area contributed by atoms with Crippen LogP contribution in [0.4, 0.5) is 0 Å². The van der Waals surface area contributed by atoms with Crippen LogP contribution in [0.15, 0.2) is 48.0 Å². The van der Waals surface area contributed by atoms with Gasteiger partial charge in [0.25, 0.3) is 11.7 Å². The number of ether oxygens (including phenoxy) is 3. The molecule has 1 atom stereocenters. The zero-order valence-electron chi connectivity index (χ0n) is 23.4. The van der Waals surface area contributed by atoms with Crippen molar-refractivity contribution in [1.82, 2.24) is 9.80 Å². The topological polar surface area (TPSA) is 88.5 Å². The summed E-state index contributed by atoms with van der Waals surface area (Å²) >= 11 is 0. The Bertz CT molecular complexity index is 1180. The summed E-state index contributed by atoms with van der Waals surface area (Å²) in [6, 6.07) is 12.0. The highest BCUT2D eigenvalue weighted by molar-refractivity contribution is 6.46. The Morgan fingerprint density at radius 2 is 1.77 bits per heavy atom. The average molecular weight is 537 g/mol. The van der Waals surface area contributed by atoms with Gasteiger partial charge >= 0.3 is 0 Å². The first-order valence-corrected chi connectivity index (χ1v) is 13.8. The summed E-state index contributed by atoms with van der Waals surface area (Å²) in [5.41, 5.74) is 2.30. The molecule has 0 bridgehead atoms. The van der Waals surface area contributed by atoms with E-state index >= 15 is 0 Å². The Morgan fingerprint density at radius 3 is 2.44 bits per heavy atom. The standard InChI is InChI=1S/C31H40N2O6/c1-21(2)12-17-39-25-11-10-24(20-26(25)37-4)28-27(29(34)23-8-6-22(3)7-9-23)30(35)31(36)33(28)14-5-13-32-15-18-38-19-16-32/h6-11,20-21,28,34H,5,12-19H2,1-4H3. The largest absolute Gasteiger partial charge is 0.507 e. The smallest absolute Gasteiger partial charge is 0.295 e. The van der Waals surface area contributed by atoms with Gasteiger partial charge in [-0.15, -0.1) is 0 Å². The maximum absolute atomic E-state index is 13.4. The molecule has 2 aliphatic heterocycles. The van der Waals surface area contributed by atoms with Gasteiger partial charge in [0.05, 0.1) is 38.5 Å². The number of hydrogen-bond donors (Lipinski definition) is 1. The normalized spacial score (nSPS) is 19.6. The van der Waals surface area contributed by atoms with E-state index in [2.05, 4.69) is 18.7 Å². The Morgan fingerprint density at radius 1 is 1.05 bits per heavy atom. The van der Waals surface area contributed by atoms with Crippen molar-refractivity contribution in [2.24, 2.45) is 5.92 Å².